The maximum atomic E-state index is 12.8. The SMILES string of the molecule is C[C@H](CCC(=O)OCc1cc(CBr)cc(CBr)c1)[C@H]1CC[C@H]2[C@@H]3[C@H](O)C[C@@H]4C[C@H](O)CC[C@]4(C)[C@H]3C[C@H](O)[C@]12C. The van der Waals surface area contributed by atoms with E-state index in [2.05, 4.69) is 70.8 Å². The van der Waals surface area contributed by atoms with E-state index in [1.54, 1.807) is 0 Å². The summed E-state index contributed by atoms with van der Waals surface area (Å²) < 4.78 is 5.68. The summed E-state index contributed by atoms with van der Waals surface area (Å²) >= 11 is 7.04. The molecule has 0 saturated heterocycles. The van der Waals surface area contributed by atoms with Crippen LogP contribution in [-0.2, 0) is 26.8 Å². The minimum Gasteiger partial charge on any atom is -0.461 e. The van der Waals surface area contributed by atoms with Crippen molar-refractivity contribution in [2.75, 3.05) is 0 Å². The Morgan fingerprint density at radius 3 is 2.33 bits per heavy atom. The number of hydrogen-bond acceptors (Lipinski definition) is 5. The second-order valence-electron chi connectivity index (χ2n) is 14.1. The van der Waals surface area contributed by atoms with Gasteiger partial charge in [-0.15, -0.1) is 0 Å². The first-order valence-corrected chi connectivity index (χ1v) is 17.7. The van der Waals surface area contributed by atoms with Crippen LogP contribution in [0.25, 0.3) is 0 Å². The van der Waals surface area contributed by atoms with Crippen LogP contribution in [0.1, 0.15) is 95.2 Å². The highest BCUT2D eigenvalue weighted by Gasteiger charge is 2.65. The molecule has 0 aromatic heterocycles. The van der Waals surface area contributed by atoms with E-state index >= 15 is 0 Å². The minimum absolute atomic E-state index is 0.0855. The van der Waals surface area contributed by atoms with E-state index in [1.807, 2.05) is 0 Å². The molecule has 3 N–H and O–H groups in total. The zero-order valence-corrected chi connectivity index (χ0v) is 27.5. The lowest BCUT2D eigenvalue weighted by atomic mass is 9.43. The second kappa shape index (κ2) is 12.3. The van der Waals surface area contributed by atoms with Crippen LogP contribution in [0.5, 0.6) is 0 Å². The van der Waals surface area contributed by atoms with Gasteiger partial charge in [0.05, 0.1) is 18.3 Å². The largest absolute Gasteiger partial charge is 0.461 e. The Kier molecular flexibility index (Phi) is 9.49. The molecule has 0 unspecified atom stereocenters. The number of ether oxygens (including phenoxy) is 1. The zero-order valence-electron chi connectivity index (χ0n) is 24.3. The van der Waals surface area contributed by atoms with Gasteiger partial charge >= 0.3 is 5.97 Å². The summed E-state index contributed by atoms with van der Waals surface area (Å²) in [4.78, 5) is 12.8. The van der Waals surface area contributed by atoms with Gasteiger partial charge in [0.25, 0.3) is 0 Å². The fourth-order valence-electron chi connectivity index (χ4n) is 9.99. The molecule has 1 aromatic carbocycles. The average molecular weight is 685 g/mol. The summed E-state index contributed by atoms with van der Waals surface area (Å²) in [5.74, 6) is 1.60. The lowest BCUT2D eigenvalue weighted by Crippen LogP contribution is -2.62. The number of aliphatic hydroxyl groups is 3. The monoisotopic (exact) mass is 682 g/mol. The maximum Gasteiger partial charge on any atom is 0.306 e. The Balaban J connectivity index is 1.22. The van der Waals surface area contributed by atoms with E-state index in [0.29, 0.717) is 36.0 Å². The van der Waals surface area contributed by atoms with Gasteiger partial charge in [-0.2, -0.15) is 0 Å². The number of carbonyl (C=O) groups is 1. The Morgan fingerprint density at radius 2 is 1.65 bits per heavy atom. The van der Waals surface area contributed by atoms with Gasteiger partial charge < -0.3 is 20.1 Å². The van der Waals surface area contributed by atoms with E-state index in [-0.39, 0.29) is 41.5 Å². The van der Waals surface area contributed by atoms with E-state index in [4.69, 9.17) is 4.74 Å². The molecule has 11 atom stereocenters. The number of rotatable bonds is 8. The molecule has 7 heteroatoms. The molecule has 1 aromatic rings. The Morgan fingerprint density at radius 1 is 0.975 bits per heavy atom. The Bertz CT molecular complexity index is 1040. The third-order valence-electron chi connectivity index (χ3n) is 12.1. The molecule has 0 spiro atoms. The third-order valence-corrected chi connectivity index (χ3v) is 13.4. The molecule has 4 aliphatic carbocycles. The average Bonchev–Trinajstić information content (AvgIpc) is 3.30. The van der Waals surface area contributed by atoms with Crippen molar-refractivity contribution in [3.05, 3.63) is 34.9 Å². The normalized spacial score (nSPS) is 41.5. The molecular formula is C33H48Br2O5. The van der Waals surface area contributed by atoms with Gasteiger partial charge in [-0.1, -0.05) is 70.8 Å². The van der Waals surface area contributed by atoms with Crippen molar-refractivity contribution in [1.82, 2.24) is 0 Å². The molecule has 0 bridgehead atoms. The number of halogens is 2. The van der Waals surface area contributed by atoms with Crippen molar-refractivity contribution in [3.8, 4) is 0 Å². The van der Waals surface area contributed by atoms with Gasteiger partial charge in [-0.3, -0.25) is 4.79 Å². The lowest BCUT2D eigenvalue weighted by Gasteiger charge is -2.63. The third kappa shape index (κ3) is 5.60. The molecule has 5 rings (SSSR count). The zero-order chi connectivity index (χ0) is 28.8. The summed E-state index contributed by atoms with van der Waals surface area (Å²) in [7, 11) is 0. The van der Waals surface area contributed by atoms with Crippen LogP contribution in [0.15, 0.2) is 18.2 Å². The van der Waals surface area contributed by atoms with Crippen molar-refractivity contribution in [2.45, 2.75) is 114 Å². The van der Waals surface area contributed by atoms with Crippen molar-refractivity contribution in [1.29, 1.82) is 0 Å². The van der Waals surface area contributed by atoms with Crippen LogP contribution in [0.2, 0.25) is 0 Å². The van der Waals surface area contributed by atoms with E-state index in [0.717, 1.165) is 67.6 Å². The molecule has 5 nitrogen and oxygen atoms in total. The molecule has 0 radical (unpaired) electrons. The summed E-state index contributed by atoms with van der Waals surface area (Å²) in [5, 5.41) is 35.1. The van der Waals surface area contributed by atoms with Crippen LogP contribution >= 0.6 is 31.9 Å². The van der Waals surface area contributed by atoms with Gasteiger partial charge in [-0.25, -0.2) is 0 Å². The Labute approximate surface area is 257 Å². The summed E-state index contributed by atoms with van der Waals surface area (Å²) in [6, 6.07) is 6.29. The van der Waals surface area contributed by atoms with Crippen molar-refractivity contribution < 1.29 is 24.9 Å². The van der Waals surface area contributed by atoms with Gasteiger partial charge in [0, 0.05) is 17.1 Å². The molecule has 0 aliphatic heterocycles. The molecule has 0 heterocycles. The molecular weight excluding hydrogens is 636 g/mol. The van der Waals surface area contributed by atoms with Gasteiger partial charge in [0.15, 0.2) is 0 Å². The van der Waals surface area contributed by atoms with Gasteiger partial charge in [0.1, 0.15) is 6.61 Å². The highest BCUT2D eigenvalue weighted by atomic mass is 79.9. The molecule has 4 aliphatic rings. The van der Waals surface area contributed by atoms with E-state index in [1.165, 1.54) is 11.1 Å². The van der Waals surface area contributed by atoms with Crippen LogP contribution in [0.3, 0.4) is 0 Å². The first-order chi connectivity index (χ1) is 19.0. The standard InChI is InChI=1S/C33H48Br2O5/c1-19(4-7-30(39)40-18-22-11-20(16-34)10-21(12-22)17-35)25-5-6-26-31-27(15-29(38)33(25,26)3)32(2)9-8-24(36)13-23(32)14-28(31)37/h10-12,19,23-29,31,36-38H,4-9,13-18H2,1-3H3/t19-,23+,24-,25-,26+,27+,28-,29+,31+,32+,33-/m1/s1. The highest BCUT2D eigenvalue weighted by molar-refractivity contribution is 9.08. The predicted octanol–water partition coefficient (Wildman–Crippen LogP) is 6.90. The van der Waals surface area contributed by atoms with Crippen molar-refractivity contribution >= 4 is 37.8 Å². The van der Waals surface area contributed by atoms with Crippen LogP contribution < -0.4 is 0 Å². The van der Waals surface area contributed by atoms with Crippen molar-refractivity contribution in [3.63, 3.8) is 0 Å². The molecule has 224 valence electrons. The van der Waals surface area contributed by atoms with Crippen LogP contribution in [-0.4, -0.2) is 39.6 Å². The highest BCUT2D eigenvalue weighted by Crippen LogP contribution is 2.68. The predicted molar refractivity (Wildman–Crippen MR) is 164 cm³/mol. The van der Waals surface area contributed by atoms with Gasteiger partial charge in [-0.05, 0) is 114 Å². The molecule has 40 heavy (non-hydrogen) atoms. The minimum atomic E-state index is -0.402. The molecule has 4 fully saturated rings. The number of aliphatic hydroxyl groups excluding tert-OH is 3. The second-order valence-corrected chi connectivity index (χ2v) is 15.2. The smallest absolute Gasteiger partial charge is 0.306 e. The van der Waals surface area contributed by atoms with Gasteiger partial charge in [0.2, 0.25) is 0 Å². The summed E-state index contributed by atoms with van der Waals surface area (Å²) in [6.45, 7) is 7.17. The number of hydrogen-bond donors (Lipinski definition) is 3. The van der Waals surface area contributed by atoms with E-state index in [9.17, 15) is 20.1 Å². The quantitative estimate of drug-likeness (QED) is 0.205. The number of esters is 1. The van der Waals surface area contributed by atoms with Crippen molar-refractivity contribution in [2.24, 2.45) is 46.3 Å². The fraction of sp³-hybridized carbons (Fsp3) is 0.788. The van der Waals surface area contributed by atoms with E-state index < -0.39 is 6.10 Å². The molecule has 4 saturated carbocycles. The number of carbonyl (C=O) groups excluding carboxylic acids is 1. The number of fused-ring (bicyclic) bond motifs is 5. The fourth-order valence-corrected chi connectivity index (χ4v) is 10.6. The number of benzene rings is 1. The molecule has 0 amide bonds. The topological polar surface area (TPSA) is 87.0 Å². The summed E-state index contributed by atoms with van der Waals surface area (Å²) in [6.07, 6.45) is 6.32. The first-order valence-electron chi connectivity index (χ1n) is 15.4. The lowest BCUT2D eigenvalue weighted by molar-refractivity contribution is -0.207. The first kappa shape index (κ1) is 31.0. The van der Waals surface area contributed by atoms with Crippen LogP contribution in [0, 0.1) is 46.3 Å². The number of alkyl halides is 2. The maximum absolute atomic E-state index is 12.8. The van der Waals surface area contributed by atoms with Crippen LogP contribution in [0.4, 0.5) is 0 Å². The Hall–Kier alpha value is -0.470. The summed E-state index contributed by atoms with van der Waals surface area (Å²) in [5.41, 5.74) is 3.19.